The summed E-state index contributed by atoms with van der Waals surface area (Å²) in [6, 6.07) is 0.699. The maximum absolute atomic E-state index is 6.41. The summed E-state index contributed by atoms with van der Waals surface area (Å²) in [6.45, 7) is 2.29. The fraction of sp³-hybridized carbons (Fsp3) is 0.684. The van der Waals surface area contributed by atoms with Gasteiger partial charge in [0.15, 0.2) is 0 Å². The molecule has 2 aliphatic carbocycles. The van der Waals surface area contributed by atoms with Crippen molar-refractivity contribution in [3.8, 4) is 5.88 Å². The van der Waals surface area contributed by atoms with Crippen molar-refractivity contribution in [3.63, 3.8) is 0 Å². The van der Waals surface area contributed by atoms with Gasteiger partial charge in [-0.1, -0.05) is 6.92 Å². The van der Waals surface area contributed by atoms with E-state index in [1.807, 2.05) is 11.3 Å². The molecule has 0 radical (unpaired) electrons. The van der Waals surface area contributed by atoms with Gasteiger partial charge in [0, 0.05) is 10.9 Å². The fourth-order valence-electron chi connectivity index (χ4n) is 4.38. The Balaban J connectivity index is 1.59. The van der Waals surface area contributed by atoms with E-state index in [-0.39, 0.29) is 0 Å². The van der Waals surface area contributed by atoms with Gasteiger partial charge in [-0.25, -0.2) is 9.97 Å². The van der Waals surface area contributed by atoms with E-state index in [0.717, 1.165) is 23.6 Å². The molecule has 5 heteroatoms. The number of aryl methyl sites for hydroxylation is 1. The first-order valence-electron chi connectivity index (χ1n) is 9.26. The summed E-state index contributed by atoms with van der Waals surface area (Å²) in [6.07, 6.45) is 10.3. The lowest BCUT2D eigenvalue weighted by Crippen LogP contribution is -2.35. The van der Waals surface area contributed by atoms with Gasteiger partial charge in [-0.2, -0.15) is 0 Å². The van der Waals surface area contributed by atoms with E-state index in [9.17, 15) is 0 Å². The van der Waals surface area contributed by atoms with Crippen molar-refractivity contribution >= 4 is 21.6 Å². The van der Waals surface area contributed by atoms with Crippen LogP contribution >= 0.6 is 11.3 Å². The lowest BCUT2D eigenvalue weighted by atomic mass is 9.92. The van der Waals surface area contributed by atoms with E-state index >= 15 is 0 Å². The highest BCUT2D eigenvalue weighted by Crippen LogP contribution is 2.47. The lowest BCUT2D eigenvalue weighted by molar-refractivity contribution is 0.108. The van der Waals surface area contributed by atoms with Crippen LogP contribution in [0.2, 0.25) is 0 Å². The van der Waals surface area contributed by atoms with E-state index in [4.69, 9.17) is 4.74 Å². The Morgan fingerprint density at radius 3 is 2.67 bits per heavy atom. The molecule has 0 saturated heterocycles. The van der Waals surface area contributed by atoms with Crippen LogP contribution in [0, 0.1) is 0 Å². The molecule has 2 aromatic rings. The second-order valence-electron chi connectivity index (χ2n) is 7.45. The van der Waals surface area contributed by atoms with Gasteiger partial charge >= 0.3 is 0 Å². The molecule has 1 atom stereocenters. The third kappa shape index (κ3) is 2.82. The fourth-order valence-corrected chi connectivity index (χ4v) is 5.61. The quantitative estimate of drug-likeness (QED) is 0.824. The summed E-state index contributed by atoms with van der Waals surface area (Å²) in [5, 5.41) is 1.22. The van der Waals surface area contributed by atoms with Gasteiger partial charge in [0.05, 0.1) is 5.39 Å². The lowest BCUT2D eigenvalue weighted by Gasteiger charge is -2.32. The van der Waals surface area contributed by atoms with Crippen molar-refractivity contribution < 1.29 is 4.74 Å². The Morgan fingerprint density at radius 2 is 1.96 bits per heavy atom. The molecular weight excluding hydrogens is 318 g/mol. The van der Waals surface area contributed by atoms with Crippen molar-refractivity contribution in [2.24, 2.45) is 0 Å². The average Bonchev–Trinajstić information content (AvgIpc) is 3.14. The van der Waals surface area contributed by atoms with Gasteiger partial charge in [-0.05, 0) is 70.5 Å². The molecular formula is C19H27N3OS. The highest BCUT2D eigenvalue weighted by atomic mass is 32.1. The Hall–Kier alpha value is -1.20. The van der Waals surface area contributed by atoms with Crippen LogP contribution in [-0.2, 0) is 6.42 Å². The number of ether oxygens (including phenoxy) is 1. The summed E-state index contributed by atoms with van der Waals surface area (Å²) in [7, 11) is 4.36. The van der Waals surface area contributed by atoms with Crippen LogP contribution in [0.1, 0.15) is 61.8 Å². The van der Waals surface area contributed by atoms with E-state index in [1.54, 1.807) is 6.33 Å². The SMILES string of the molecule is CC[C@@H]1CCc2sc3ncnc(OC4CCC(N(C)C)CC4)c3c21. The monoisotopic (exact) mass is 345 g/mol. The topological polar surface area (TPSA) is 38.3 Å². The molecule has 2 aromatic heterocycles. The van der Waals surface area contributed by atoms with Crippen molar-refractivity contribution in [2.45, 2.75) is 69.9 Å². The van der Waals surface area contributed by atoms with E-state index < -0.39 is 0 Å². The summed E-state index contributed by atoms with van der Waals surface area (Å²) >= 11 is 1.85. The number of fused-ring (bicyclic) bond motifs is 3. The van der Waals surface area contributed by atoms with Crippen molar-refractivity contribution in [2.75, 3.05) is 14.1 Å². The van der Waals surface area contributed by atoms with Crippen LogP contribution in [0.3, 0.4) is 0 Å². The van der Waals surface area contributed by atoms with E-state index in [1.165, 1.54) is 47.9 Å². The van der Waals surface area contributed by atoms with Crippen LogP contribution in [-0.4, -0.2) is 41.1 Å². The van der Waals surface area contributed by atoms with Crippen LogP contribution < -0.4 is 4.74 Å². The Kier molecular flexibility index (Phi) is 4.48. The standard InChI is InChI=1S/C19H27N3OS/c1-4-12-5-10-15-16(12)17-18(20-11-21-19(17)24-15)23-14-8-6-13(7-9-14)22(2)3/h11-14H,4-10H2,1-3H3/t12-,13?,14?/m1/s1. The Labute approximate surface area is 148 Å². The van der Waals surface area contributed by atoms with Gasteiger partial charge in [0.2, 0.25) is 5.88 Å². The maximum atomic E-state index is 6.41. The first-order chi connectivity index (χ1) is 11.7. The molecule has 0 N–H and O–H groups in total. The van der Waals surface area contributed by atoms with Crippen molar-refractivity contribution in [1.29, 1.82) is 0 Å². The van der Waals surface area contributed by atoms with Gasteiger partial charge in [-0.15, -0.1) is 11.3 Å². The summed E-state index contributed by atoms with van der Waals surface area (Å²) in [5.74, 6) is 1.50. The number of hydrogen-bond donors (Lipinski definition) is 0. The summed E-state index contributed by atoms with van der Waals surface area (Å²) in [5.41, 5.74) is 1.50. The largest absolute Gasteiger partial charge is 0.474 e. The smallest absolute Gasteiger partial charge is 0.225 e. The number of aromatic nitrogens is 2. The molecule has 4 nitrogen and oxygen atoms in total. The summed E-state index contributed by atoms with van der Waals surface area (Å²) in [4.78, 5) is 14.0. The first-order valence-corrected chi connectivity index (χ1v) is 10.1. The molecule has 0 aromatic carbocycles. The predicted molar refractivity (Wildman–Crippen MR) is 99.1 cm³/mol. The minimum atomic E-state index is 0.302. The molecule has 24 heavy (non-hydrogen) atoms. The molecule has 0 bridgehead atoms. The molecule has 0 aliphatic heterocycles. The number of rotatable bonds is 4. The van der Waals surface area contributed by atoms with Crippen LogP contribution in [0.4, 0.5) is 0 Å². The zero-order chi connectivity index (χ0) is 16.7. The van der Waals surface area contributed by atoms with Gasteiger partial charge < -0.3 is 9.64 Å². The first kappa shape index (κ1) is 16.3. The maximum Gasteiger partial charge on any atom is 0.225 e. The molecule has 1 fully saturated rings. The molecule has 2 heterocycles. The second kappa shape index (κ2) is 6.60. The van der Waals surface area contributed by atoms with Crippen molar-refractivity contribution in [1.82, 2.24) is 14.9 Å². The summed E-state index contributed by atoms with van der Waals surface area (Å²) < 4.78 is 6.41. The zero-order valence-electron chi connectivity index (χ0n) is 14.9. The van der Waals surface area contributed by atoms with Crippen LogP contribution in [0.15, 0.2) is 6.33 Å². The molecule has 0 unspecified atom stereocenters. The number of nitrogens with zero attached hydrogens (tertiary/aromatic N) is 3. The van der Waals surface area contributed by atoms with E-state index in [2.05, 4.69) is 35.9 Å². The zero-order valence-corrected chi connectivity index (χ0v) is 15.7. The predicted octanol–water partition coefficient (Wildman–Crippen LogP) is 4.38. The molecule has 4 rings (SSSR count). The van der Waals surface area contributed by atoms with E-state index in [0.29, 0.717) is 18.1 Å². The van der Waals surface area contributed by atoms with Gasteiger partial charge in [0.1, 0.15) is 17.3 Å². The minimum absolute atomic E-state index is 0.302. The third-order valence-corrected chi connectivity index (χ3v) is 7.01. The number of hydrogen-bond acceptors (Lipinski definition) is 5. The van der Waals surface area contributed by atoms with Crippen LogP contribution in [0.5, 0.6) is 5.88 Å². The highest BCUT2D eigenvalue weighted by molar-refractivity contribution is 7.19. The normalized spacial score (nSPS) is 26.9. The Bertz CT molecular complexity index is 719. The van der Waals surface area contributed by atoms with Crippen molar-refractivity contribution in [3.05, 3.63) is 16.8 Å². The average molecular weight is 346 g/mol. The molecule has 1 saturated carbocycles. The molecule has 2 aliphatic rings. The van der Waals surface area contributed by atoms with Crippen LogP contribution in [0.25, 0.3) is 10.2 Å². The molecule has 130 valence electrons. The van der Waals surface area contributed by atoms with Gasteiger partial charge in [-0.3, -0.25) is 0 Å². The second-order valence-corrected chi connectivity index (χ2v) is 8.54. The highest BCUT2D eigenvalue weighted by Gasteiger charge is 2.30. The Morgan fingerprint density at radius 1 is 1.17 bits per heavy atom. The number of thiophene rings is 1. The molecule has 0 spiro atoms. The minimum Gasteiger partial charge on any atom is -0.474 e. The third-order valence-electron chi connectivity index (χ3n) is 5.84. The molecule has 0 amide bonds. The van der Waals surface area contributed by atoms with Gasteiger partial charge in [0.25, 0.3) is 0 Å².